The van der Waals surface area contributed by atoms with Crippen molar-refractivity contribution in [3.63, 3.8) is 0 Å². The molecule has 0 saturated carbocycles. The maximum Gasteiger partial charge on any atom is 0.194 e. The summed E-state index contributed by atoms with van der Waals surface area (Å²) >= 11 is 6.07. The fourth-order valence-electron chi connectivity index (χ4n) is 2.95. The fraction of sp³-hybridized carbons (Fsp3) is 0.316. The van der Waals surface area contributed by atoms with Crippen LogP contribution in [0, 0.1) is 0 Å². The van der Waals surface area contributed by atoms with Crippen LogP contribution in [-0.2, 0) is 26.7 Å². The molecule has 1 aromatic carbocycles. The van der Waals surface area contributed by atoms with Gasteiger partial charge in [0.25, 0.3) is 0 Å². The highest BCUT2D eigenvalue weighted by molar-refractivity contribution is 6.30. The van der Waals surface area contributed by atoms with E-state index in [-0.39, 0.29) is 0 Å². The first-order valence-corrected chi connectivity index (χ1v) is 9.05. The number of aliphatic imine (C=N–C) groups is 1. The summed E-state index contributed by atoms with van der Waals surface area (Å²) < 4.78 is 3.84. The smallest absolute Gasteiger partial charge is 0.194 e. The lowest BCUT2D eigenvalue weighted by Gasteiger charge is -2.22. The first kappa shape index (κ1) is 19.0. The molecule has 3 aromatic rings. The van der Waals surface area contributed by atoms with Gasteiger partial charge in [-0.3, -0.25) is 4.99 Å². The van der Waals surface area contributed by atoms with Crippen molar-refractivity contribution >= 4 is 17.6 Å². The van der Waals surface area contributed by atoms with E-state index in [4.69, 9.17) is 11.6 Å². The van der Waals surface area contributed by atoms with E-state index < -0.39 is 0 Å². The molecule has 0 radical (unpaired) electrons. The number of aromatic nitrogens is 4. The Labute approximate surface area is 164 Å². The van der Waals surface area contributed by atoms with E-state index >= 15 is 0 Å². The second kappa shape index (κ2) is 8.73. The Morgan fingerprint density at radius 1 is 1.30 bits per heavy atom. The highest BCUT2D eigenvalue weighted by Crippen LogP contribution is 2.14. The van der Waals surface area contributed by atoms with Crippen molar-refractivity contribution < 1.29 is 0 Å². The van der Waals surface area contributed by atoms with Crippen molar-refractivity contribution in [2.24, 2.45) is 12.0 Å². The van der Waals surface area contributed by atoms with Crippen molar-refractivity contribution in [3.05, 3.63) is 71.0 Å². The van der Waals surface area contributed by atoms with Crippen LogP contribution in [0.25, 0.3) is 0 Å². The predicted molar refractivity (Wildman–Crippen MR) is 108 cm³/mol. The molecule has 3 rings (SSSR count). The SMILES string of the molecule is CN=C(NCc1cccc(Cn2cncn2)c1)N(C)Cc1cc(Cl)cn1C. The third-order valence-corrected chi connectivity index (χ3v) is 4.51. The molecule has 2 aromatic heterocycles. The molecule has 0 aliphatic carbocycles. The van der Waals surface area contributed by atoms with Crippen LogP contribution in [0.15, 0.2) is 54.2 Å². The van der Waals surface area contributed by atoms with Crippen LogP contribution in [0.1, 0.15) is 16.8 Å². The number of hydrogen-bond donors (Lipinski definition) is 1. The van der Waals surface area contributed by atoms with Crippen LogP contribution in [-0.4, -0.2) is 44.3 Å². The van der Waals surface area contributed by atoms with Crippen LogP contribution in [0.2, 0.25) is 5.02 Å². The molecule has 0 aliphatic rings. The highest BCUT2D eigenvalue weighted by atomic mass is 35.5. The Balaban J connectivity index is 1.59. The lowest BCUT2D eigenvalue weighted by Crippen LogP contribution is -2.38. The second-order valence-corrected chi connectivity index (χ2v) is 6.87. The number of aryl methyl sites for hydroxylation is 1. The van der Waals surface area contributed by atoms with E-state index in [0.29, 0.717) is 13.1 Å². The summed E-state index contributed by atoms with van der Waals surface area (Å²) in [7, 11) is 5.79. The Hall–Kier alpha value is -2.80. The van der Waals surface area contributed by atoms with Gasteiger partial charge in [0.15, 0.2) is 5.96 Å². The van der Waals surface area contributed by atoms with Gasteiger partial charge >= 0.3 is 0 Å². The molecule has 0 aliphatic heterocycles. The largest absolute Gasteiger partial charge is 0.352 e. The number of halogens is 1. The van der Waals surface area contributed by atoms with Gasteiger partial charge in [-0.25, -0.2) is 9.67 Å². The average molecular weight is 386 g/mol. The molecular weight excluding hydrogens is 362 g/mol. The summed E-state index contributed by atoms with van der Waals surface area (Å²) in [6.45, 7) is 2.11. The standard InChI is InChI=1S/C19H24ClN7/c1-21-19(26(3)12-18-8-17(20)11-25(18)2)23-9-15-5-4-6-16(7-15)10-27-14-22-13-24-27/h4-8,11,13-14H,9-10,12H2,1-3H3,(H,21,23). The molecule has 0 saturated heterocycles. The van der Waals surface area contributed by atoms with Crippen molar-refractivity contribution in [2.75, 3.05) is 14.1 Å². The number of benzene rings is 1. The van der Waals surface area contributed by atoms with E-state index in [0.717, 1.165) is 23.2 Å². The minimum absolute atomic E-state index is 0.691. The molecule has 8 heteroatoms. The van der Waals surface area contributed by atoms with E-state index in [9.17, 15) is 0 Å². The van der Waals surface area contributed by atoms with Gasteiger partial charge < -0.3 is 14.8 Å². The maximum atomic E-state index is 6.07. The van der Waals surface area contributed by atoms with Crippen molar-refractivity contribution in [2.45, 2.75) is 19.6 Å². The molecule has 1 N–H and O–H groups in total. The summed E-state index contributed by atoms with van der Waals surface area (Å²) in [5.74, 6) is 0.828. The van der Waals surface area contributed by atoms with Gasteiger partial charge in [-0.2, -0.15) is 5.10 Å². The van der Waals surface area contributed by atoms with Crippen LogP contribution in [0.4, 0.5) is 0 Å². The molecule has 0 amide bonds. The highest BCUT2D eigenvalue weighted by Gasteiger charge is 2.10. The van der Waals surface area contributed by atoms with Gasteiger partial charge in [-0.15, -0.1) is 0 Å². The van der Waals surface area contributed by atoms with Crippen LogP contribution >= 0.6 is 11.6 Å². The predicted octanol–water partition coefficient (Wildman–Crippen LogP) is 2.53. The number of rotatable bonds is 6. The average Bonchev–Trinajstić information content (AvgIpc) is 3.25. The summed E-state index contributed by atoms with van der Waals surface area (Å²) in [5, 5.41) is 8.31. The van der Waals surface area contributed by atoms with Gasteiger partial charge in [0.1, 0.15) is 12.7 Å². The molecular formula is C19H24ClN7. The van der Waals surface area contributed by atoms with E-state index in [2.05, 4.69) is 49.6 Å². The minimum atomic E-state index is 0.691. The summed E-state index contributed by atoms with van der Waals surface area (Å²) in [6, 6.07) is 10.4. The molecule has 0 fully saturated rings. The second-order valence-electron chi connectivity index (χ2n) is 6.43. The van der Waals surface area contributed by atoms with Gasteiger partial charge in [-0.05, 0) is 17.2 Å². The zero-order valence-electron chi connectivity index (χ0n) is 15.8. The van der Waals surface area contributed by atoms with Crippen molar-refractivity contribution in [3.8, 4) is 0 Å². The third-order valence-electron chi connectivity index (χ3n) is 4.30. The molecule has 0 spiro atoms. The van der Waals surface area contributed by atoms with Gasteiger partial charge in [-0.1, -0.05) is 35.9 Å². The first-order valence-electron chi connectivity index (χ1n) is 8.68. The summed E-state index contributed by atoms with van der Waals surface area (Å²) in [5.41, 5.74) is 3.49. The number of guanidine groups is 1. The Kier molecular flexibility index (Phi) is 6.13. The number of hydrogen-bond acceptors (Lipinski definition) is 3. The van der Waals surface area contributed by atoms with Crippen molar-refractivity contribution in [1.82, 2.24) is 29.5 Å². The minimum Gasteiger partial charge on any atom is -0.352 e. The monoisotopic (exact) mass is 385 g/mol. The Morgan fingerprint density at radius 2 is 2.11 bits per heavy atom. The van der Waals surface area contributed by atoms with Crippen molar-refractivity contribution in [1.29, 1.82) is 0 Å². The topological polar surface area (TPSA) is 63.3 Å². The first-order chi connectivity index (χ1) is 13.0. The maximum absolute atomic E-state index is 6.07. The molecule has 0 bridgehead atoms. The van der Waals surface area contributed by atoms with Crippen LogP contribution < -0.4 is 5.32 Å². The normalized spacial score (nSPS) is 11.6. The van der Waals surface area contributed by atoms with E-state index in [1.165, 1.54) is 11.1 Å². The zero-order chi connectivity index (χ0) is 19.2. The van der Waals surface area contributed by atoms with Crippen LogP contribution in [0.3, 0.4) is 0 Å². The van der Waals surface area contributed by atoms with E-state index in [1.807, 2.05) is 35.6 Å². The summed E-state index contributed by atoms with van der Waals surface area (Å²) in [6.07, 6.45) is 5.17. The lowest BCUT2D eigenvalue weighted by atomic mass is 10.1. The summed E-state index contributed by atoms with van der Waals surface area (Å²) in [4.78, 5) is 10.4. The number of nitrogens with zero attached hydrogens (tertiary/aromatic N) is 6. The van der Waals surface area contributed by atoms with Crippen LogP contribution in [0.5, 0.6) is 0 Å². The molecule has 0 unspecified atom stereocenters. The van der Waals surface area contributed by atoms with Gasteiger partial charge in [0.2, 0.25) is 0 Å². The Bertz CT molecular complexity index is 899. The molecule has 142 valence electrons. The van der Waals surface area contributed by atoms with Gasteiger partial charge in [0.05, 0.1) is 18.1 Å². The lowest BCUT2D eigenvalue weighted by molar-refractivity contribution is 0.461. The zero-order valence-corrected chi connectivity index (χ0v) is 16.6. The molecule has 0 atom stereocenters. The van der Waals surface area contributed by atoms with Gasteiger partial charge in [0, 0.05) is 39.6 Å². The molecule has 2 heterocycles. The molecule has 7 nitrogen and oxygen atoms in total. The molecule has 27 heavy (non-hydrogen) atoms. The number of nitrogens with one attached hydrogen (secondary N) is 1. The third kappa shape index (κ3) is 5.10. The quantitative estimate of drug-likeness (QED) is 0.523. The fourth-order valence-corrected chi connectivity index (χ4v) is 3.22. The Morgan fingerprint density at radius 3 is 2.78 bits per heavy atom. The van der Waals surface area contributed by atoms with E-state index in [1.54, 1.807) is 19.7 Å².